The zero-order valence-electron chi connectivity index (χ0n) is 14.6. The molecular formula is C20H25NO2S. The number of thiophene rings is 1. The van der Waals surface area contributed by atoms with E-state index in [0.29, 0.717) is 6.54 Å². The summed E-state index contributed by atoms with van der Waals surface area (Å²) in [7, 11) is 0. The number of amides is 1. The van der Waals surface area contributed by atoms with Gasteiger partial charge in [-0.05, 0) is 50.8 Å². The van der Waals surface area contributed by atoms with Gasteiger partial charge in [0, 0.05) is 34.9 Å². The van der Waals surface area contributed by atoms with Crippen molar-refractivity contribution in [3.05, 3.63) is 56.8 Å². The van der Waals surface area contributed by atoms with Gasteiger partial charge in [-0.2, -0.15) is 0 Å². The molecule has 128 valence electrons. The van der Waals surface area contributed by atoms with E-state index in [-0.39, 0.29) is 11.3 Å². The predicted molar refractivity (Wildman–Crippen MR) is 99.0 cm³/mol. The molecule has 3 rings (SSSR count). The molecule has 0 spiro atoms. The Bertz CT molecular complexity index is 729. The van der Waals surface area contributed by atoms with E-state index in [1.54, 1.807) is 11.3 Å². The van der Waals surface area contributed by atoms with Crippen LogP contribution in [-0.2, 0) is 10.2 Å². The molecule has 0 saturated carbocycles. The largest absolute Gasteiger partial charge is 0.381 e. The molecule has 0 aliphatic carbocycles. The van der Waals surface area contributed by atoms with Gasteiger partial charge < -0.3 is 10.1 Å². The van der Waals surface area contributed by atoms with E-state index in [0.717, 1.165) is 36.5 Å². The van der Waals surface area contributed by atoms with Gasteiger partial charge in [-0.15, -0.1) is 11.3 Å². The molecule has 0 bridgehead atoms. The van der Waals surface area contributed by atoms with E-state index in [4.69, 9.17) is 4.74 Å². The van der Waals surface area contributed by atoms with Crippen LogP contribution in [0.5, 0.6) is 0 Å². The van der Waals surface area contributed by atoms with Crippen LogP contribution in [0.4, 0.5) is 0 Å². The van der Waals surface area contributed by atoms with Crippen molar-refractivity contribution < 1.29 is 9.53 Å². The number of carbonyl (C=O) groups excluding carboxylic acids is 1. The van der Waals surface area contributed by atoms with E-state index >= 15 is 0 Å². The zero-order valence-corrected chi connectivity index (χ0v) is 15.5. The first-order valence-corrected chi connectivity index (χ1v) is 9.33. The number of ether oxygens (including phenoxy) is 1. The number of nitrogens with one attached hydrogen (secondary N) is 1. The maximum absolute atomic E-state index is 12.6. The highest BCUT2D eigenvalue weighted by Crippen LogP contribution is 2.36. The van der Waals surface area contributed by atoms with Crippen molar-refractivity contribution in [3.8, 4) is 0 Å². The normalized spacial score (nSPS) is 16.8. The monoisotopic (exact) mass is 343 g/mol. The Morgan fingerprint density at radius 2 is 1.92 bits per heavy atom. The third-order valence-electron chi connectivity index (χ3n) is 5.04. The van der Waals surface area contributed by atoms with Gasteiger partial charge in [-0.1, -0.05) is 24.3 Å². The van der Waals surface area contributed by atoms with Crippen molar-refractivity contribution >= 4 is 17.2 Å². The van der Waals surface area contributed by atoms with Gasteiger partial charge in [-0.25, -0.2) is 0 Å². The molecule has 24 heavy (non-hydrogen) atoms. The first-order chi connectivity index (χ1) is 11.5. The summed E-state index contributed by atoms with van der Waals surface area (Å²) in [6.07, 6.45) is 1.89. The van der Waals surface area contributed by atoms with Gasteiger partial charge >= 0.3 is 0 Å². The summed E-state index contributed by atoms with van der Waals surface area (Å²) in [5.74, 6) is 0.0382. The van der Waals surface area contributed by atoms with Crippen LogP contribution >= 0.6 is 11.3 Å². The number of carbonyl (C=O) groups is 1. The van der Waals surface area contributed by atoms with Crippen molar-refractivity contribution in [1.82, 2.24) is 5.32 Å². The summed E-state index contributed by atoms with van der Waals surface area (Å²) in [5, 5.41) is 3.20. The molecule has 1 aliphatic rings. The molecule has 1 amide bonds. The fourth-order valence-electron chi connectivity index (χ4n) is 3.67. The quantitative estimate of drug-likeness (QED) is 0.905. The Morgan fingerprint density at radius 1 is 1.21 bits per heavy atom. The van der Waals surface area contributed by atoms with E-state index in [9.17, 15) is 4.79 Å². The van der Waals surface area contributed by atoms with Crippen molar-refractivity contribution in [2.24, 2.45) is 0 Å². The summed E-state index contributed by atoms with van der Waals surface area (Å²) in [6, 6.07) is 10.5. The highest BCUT2D eigenvalue weighted by atomic mass is 32.1. The number of hydrogen-bond donors (Lipinski definition) is 1. The summed E-state index contributed by atoms with van der Waals surface area (Å²) >= 11 is 1.68. The molecule has 0 atom stereocenters. The van der Waals surface area contributed by atoms with Crippen LogP contribution in [0.25, 0.3) is 0 Å². The van der Waals surface area contributed by atoms with E-state index in [2.05, 4.69) is 36.5 Å². The summed E-state index contributed by atoms with van der Waals surface area (Å²) in [4.78, 5) is 14.9. The Morgan fingerprint density at radius 3 is 2.54 bits per heavy atom. The van der Waals surface area contributed by atoms with Gasteiger partial charge in [0.05, 0.1) is 5.56 Å². The van der Waals surface area contributed by atoms with Gasteiger partial charge in [0.25, 0.3) is 5.91 Å². The lowest BCUT2D eigenvalue weighted by Crippen LogP contribution is -2.45. The van der Waals surface area contributed by atoms with E-state index in [1.165, 1.54) is 16.0 Å². The van der Waals surface area contributed by atoms with Crippen LogP contribution in [0.3, 0.4) is 0 Å². The lowest BCUT2D eigenvalue weighted by atomic mass is 9.72. The van der Waals surface area contributed by atoms with Crippen molar-refractivity contribution in [3.63, 3.8) is 0 Å². The first-order valence-electron chi connectivity index (χ1n) is 8.51. The highest BCUT2D eigenvalue weighted by Gasteiger charge is 2.36. The second-order valence-electron chi connectivity index (χ2n) is 6.72. The Hall–Kier alpha value is -1.65. The van der Waals surface area contributed by atoms with Gasteiger partial charge in [0.1, 0.15) is 0 Å². The Balaban J connectivity index is 1.82. The number of rotatable bonds is 4. The average Bonchev–Trinajstić information content (AvgIpc) is 2.92. The second-order valence-corrected chi connectivity index (χ2v) is 8.18. The molecule has 2 aromatic rings. The SMILES string of the molecule is Cc1cc(C(=O)NCC2(c3ccccc3C)CCOCC2)c(C)s1. The third-order valence-corrected chi connectivity index (χ3v) is 6.01. The predicted octanol–water partition coefficient (Wildman–Crippen LogP) is 4.15. The molecule has 1 fully saturated rings. The van der Waals surface area contributed by atoms with E-state index in [1.807, 2.05) is 19.9 Å². The second kappa shape index (κ2) is 7.08. The maximum Gasteiger partial charge on any atom is 0.252 e. The van der Waals surface area contributed by atoms with Crippen LogP contribution in [0.15, 0.2) is 30.3 Å². The van der Waals surface area contributed by atoms with Crippen molar-refractivity contribution in [1.29, 1.82) is 0 Å². The smallest absolute Gasteiger partial charge is 0.252 e. The molecule has 1 aromatic carbocycles. The Labute approximate surface area is 148 Å². The molecule has 1 saturated heterocycles. The van der Waals surface area contributed by atoms with Crippen molar-refractivity contribution in [2.75, 3.05) is 19.8 Å². The van der Waals surface area contributed by atoms with Crippen LogP contribution in [-0.4, -0.2) is 25.7 Å². The van der Waals surface area contributed by atoms with Gasteiger partial charge in [0.15, 0.2) is 0 Å². The lowest BCUT2D eigenvalue weighted by molar-refractivity contribution is 0.0485. The van der Waals surface area contributed by atoms with Crippen molar-refractivity contribution in [2.45, 2.75) is 39.0 Å². The van der Waals surface area contributed by atoms with Crippen LogP contribution < -0.4 is 5.32 Å². The number of hydrogen-bond acceptors (Lipinski definition) is 3. The zero-order chi connectivity index (χ0) is 17.2. The van der Waals surface area contributed by atoms with Gasteiger partial charge in [0.2, 0.25) is 0 Å². The topological polar surface area (TPSA) is 38.3 Å². The minimum absolute atomic E-state index is 0.0295. The molecule has 0 unspecified atom stereocenters. The highest BCUT2D eigenvalue weighted by molar-refractivity contribution is 7.12. The average molecular weight is 343 g/mol. The summed E-state index contributed by atoms with van der Waals surface area (Å²) in [6.45, 7) is 8.37. The third kappa shape index (κ3) is 3.40. The van der Waals surface area contributed by atoms with Crippen LogP contribution in [0.2, 0.25) is 0 Å². The minimum Gasteiger partial charge on any atom is -0.381 e. The molecule has 1 aromatic heterocycles. The summed E-state index contributed by atoms with van der Waals surface area (Å²) < 4.78 is 5.59. The van der Waals surface area contributed by atoms with E-state index < -0.39 is 0 Å². The molecular weight excluding hydrogens is 318 g/mol. The minimum atomic E-state index is -0.0295. The fraction of sp³-hybridized carbons (Fsp3) is 0.450. The van der Waals surface area contributed by atoms with Crippen LogP contribution in [0.1, 0.15) is 44.1 Å². The molecule has 2 heterocycles. The number of aryl methyl sites for hydroxylation is 3. The molecule has 3 nitrogen and oxygen atoms in total. The fourth-order valence-corrected chi connectivity index (χ4v) is 4.59. The summed E-state index contributed by atoms with van der Waals surface area (Å²) in [5.41, 5.74) is 3.41. The standard InChI is InChI=1S/C20H25NO2S/c1-14-6-4-5-7-18(14)20(8-10-23-11-9-20)13-21-19(22)17-12-15(2)24-16(17)3/h4-7,12H,8-11,13H2,1-3H3,(H,21,22). The first kappa shape index (κ1) is 17.2. The van der Waals surface area contributed by atoms with Crippen LogP contribution in [0, 0.1) is 20.8 Å². The lowest BCUT2D eigenvalue weighted by Gasteiger charge is -2.39. The molecule has 4 heteroatoms. The molecule has 1 N–H and O–H groups in total. The van der Waals surface area contributed by atoms with Gasteiger partial charge in [-0.3, -0.25) is 4.79 Å². The Kier molecular flexibility index (Phi) is 5.07. The molecule has 0 radical (unpaired) electrons. The molecule has 1 aliphatic heterocycles. The maximum atomic E-state index is 12.6. The number of benzene rings is 1.